The van der Waals surface area contributed by atoms with Gasteiger partial charge in [-0.3, -0.25) is 13.9 Å². The predicted octanol–water partition coefficient (Wildman–Crippen LogP) is 4.29. The lowest BCUT2D eigenvalue weighted by Gasteiger charge is -2.09. The molecule has 0 radical (unpaired) electrons. The molecule has 4 rings (SSSR count). The third-order valence-corrected chi connectivity index (χ3v) is 6.68. The molecule has 0 atom stereocenters. The van der Waals surface area contributed by atoms with Gasteiger partial charge in [-0.1, -0.05) is 48.0 Å². The topological polar surface area (TPSA) is 79.5 Å². The highest BCUT2D eigenvalue weighted by atomic mass is 32.1. The maximum Gasteiger partial charge on any atom is 0.348 e. The molecular formula is C26H26N2O5S. The van der Waals surface area contributed by atoms with Crippen LogP contribution in [0.5, 0.6) is 5.75 Å². The summed E-state index contributed by atoms with van der Waals surface area (Å²) in [5.74, 6) is 0.279. The second-order valence-corrected chi connectivity index (χ2v) is 9.09. The van der Waals surface area contributed by atoms with E-state index in [4.69, 9.17) is 9.47 Å². The molecule has 2 aromatic heterocycles. The highest BCUT2D eigenvalue weighted by Gasteiger charge is 2.18. The normalized spacial score (nSPS) is 11.0. The number of unbranched alkanes of at least 4 members (excludes halogenated alkanes) is 1. The van der Waals surface area contributed by atoms with E-state index in [1.54, 1.807) is 7.05 Å². The summed E-state index contributed by atoms with van der Waals surface area (Å²) in [6, 6.07) is 18.7. The highest BCUT2D eigenvalue weighted by Crippen LogP contribution is 2.23. The van der Waals surface area contributed by atoms with Crippen LogP contribution in [0, 0.1) is 6.92 Å². The first kappa shape index (κ1) is 23.5. The van der Waals surface area contributed by atoms with Gasteiger partial charge in [0, 0.05) is 13.6 Å². The number of hydrogen-bond donors (Lipinski definition) is 0. The Hall–Kier alpha value is -3.65. The van der Waals surface area contributed by atoms with Crippen LogP contribution in [0.1, 0.15) is 33.6 Å². The van der Waals surface area contributed by atoms with Gasteiger partial charge in [0.15, 0.2) is 0 Å². The van der Waals surface area contributed by atoms with Crippen LogP contribution < -0.4 is 16.0 Å². The van der Waals surface area contributed by atoms with Gasteiger partial charge in [-0.2, -0.15) is 0 Å². The molecule has 7 nitrogen and oxygen atoms in total. The molecule has 34 heavy (non-hydrogen) atoms. The standard InChI is InChI=1S/C26H26N2O5S/c1-18-10-12-20(13-11-18)32-15-7-6-14-28-23(29)21-16-22(34-24(21)27(2)26(28)31)25(30)33-17-19-8-4-3-5-9-19/h3-5,8-13,16H,6-7,14-15,17H2,1-2H3. The fraction of sp³-hybridized carbons (Fsp3) is 0.269. The first-order chi connectivity index (χ1) is 16.4. The van der Waals surface area contributed by atoms with Crippen LogP contribution in [-0.2, 0) is 24.9 Å². The van der Waals surface area contributed by atoms with Crippen LogP contribution >= 0.6 is 11.3 Å². The van der Waals surface area contributed by atoms with Crippen molar-refractivity contribution in [2.45, 2.75) is 32.9 Å². The van der Waals surface area contributed by atoms with Crippen molar-refractivity contribution in [2.75, 3.05) is 6.61 Å². The van der Waals surface area contributed by atoms with E-state index in [0.29, 0.717) is 34.5 Å². The summed E-state index contributed by atoms with van der Waals surface area (Å²) in [5.41, 5.74) is 1.25. The number of rotatable bonds is 9. The first-order valence-corrected chi connectivity index (χ1v) is 11.9. The first-order valence-electron chi connectivity index (χ1n) is 11.1. The largest absolute Gasteiger partial charge is 0.494 e. The van der Waals surface area contributed by atoms with E-state index < -0.39 is 17.2 Å². The lowest BCUT2D eigenvalue weighted by Crippen LogP contribution is -2.38. The number of aryl methyl sites for hydroxylation is 2. The lowest BCUT2D eigenvalue weighted by atomic mass is 10.2. The molecule has 0 amide bonds. The van der Waals surface area contributed by atoms with Gasteiger partial charge in [0.1, 0.15) is 22.1 Å². The monoisotopic (exact) mass is 478 g/mol. The average Bonchev–Trinajstić information content (AvgIpc) is 3.31. The summed E-state index contributed by atoms with van der Waals surface area (Å²) < 4.78 is 13.7. The Morgan fingerprint density at radius 3 is 2.47 bits per heavy atom. The van der Waals surface area contributed by atoms with Crippen molar-refractivity contribution < 1.29 is 14.3 Å². The summed E-state index contributed by atoms with van der Waals surface area (Å²) in [6.45, 7) is 2.93. The maximum atomic E-state index is 13.0. The number of aromatic nitrogens is 2. The second-order valence-electron chi connectivity index (χ2n) is 8.06. The third kappa shape index (κ3) is 5.28. The number of hydrogen-bond acceptors (Lipinski definition) is 6. The molecule has 8 heteroatoms. The van der Waals surface area contributed by atoms with Crippen LogP contribution in [0.4, 0.5) is 0 Å². The Morgan fingerprint density at radius 2 is 1.74 bits per heavy atom. The number of thiophene rings is 1. The summed E-state index contributed by atoms with van der Waals surface area (Å²) in [4.78, 5) is 39.1. The van der Waals surface area contributed by atoms with E-state index >= 15 is 0 Å². The van der Waals surface area contributed by atoms with E-state index in [1.807, 2.05) is 61.5 Å². The van der Waals surface area contributed by atoms with Gasteiger partial charge in [-0.25, -0.2) is 9.59 Å². The minimum Gasteiger partial charge on any atom is -0.494 e. The summed E-state index contributed by atoms with van der Waals surface area (Å²) >= 11 is 1.09. The van der Waals surface area contributed by atoms with Crippen LogP contribution in [-0.4, -0.2) is 21.7 Å². The van der Waals surface area contributed by atoms with Crippen molar-refractivity contribution in [1.82, 2.24) is 9.13 Å². The zero-order valence-corrected chi connectivity index (χ0v) is 20.0. The molecule has 2 heterocycles. The zero-order valence-electron chi connectivity index (χ0n) is 19.2. The number of carbonyl (C=O) groups excluding carboxylic acids is 1. The molecule has 0 aliphatic rings. The lowest BCUT2D eigenvalue weighted by molar-refractivity contribution is 0.0478. The van der Waals surface area contributed by atoms with Gasteiger partial charge in [-0.05, 0) is 43.5 Å². The Kier molecular flexibility index (Phi) is 7.27. The second kappa shape index (κ2) is 10.5. The van der Waals surface area contributed by atoms with Gasteiger partial charge in [0.25, 0.3) is 5.56 Å². The molecule has 2 aromatic carbocycles. The molecule has 0 aliphatic carbocycles. The predicted molar refractivity (Wildman–Crippen MR) is 133 cm³/mol. The Morgan fingerprint density at radius 1 is 1.00 bits per heavy atom. The van der Waals surface area contributed by atoms with Crippen LogP contribution in [0.25, 0.3) is 10.2 Å². The van der Waals surface area contributed by atoms with Crippen molar-refractivity contribution in [3.63, 3.8) is 0 Å². The zero-order chi connectivity index (χ0) is 24.1. The number of fused-ring (bicyclic) bond motifs is 1. The van der Waals surface area contributed by atoms with Gasteiger partial charge in [0.2, 0.25) is 0 Å². The number of carbonyl (C=O) groups is 1. The van der Waals surface area contributed by atoms with Crippen LogP contribution in [0.3, 0.4) is 0 Å². The Bertz CT molecular complexity index is 1400. The highest BCUT2D eigenvalue weighted by molar-refractivity contribution is 7.20. The van der Waals surface area contributed by atoms with Gasteiger partial charge in [-0.15, -0.1) is 11.3 Å². The molecule has 0 aliphatic heterocycles. The number of ether oxygens (including phenoxy) is 2. The molecule has 0 bridgehead atoms. The minimum atomic E-state index is -0.517. The number of esters is 1. The molecule has 0 fully saturated rings. The molecule has 0 saturated heterocycles. The van der Waals surface area contributed by atoms with Gasteiger partial charge < -0.3 is 9.47 Å². The van der Waals surface area contributed by atoms with E-state index in [9.17, 15) is 14.4 Å². The van der Waals surface area contributed by atoms with Gasteiger partial charge >= 0.3 is 11.7 Å². The van der Waals surface area contributed by atoms with Crippen molar-refractivity contribution in [1.29, 1.82) is 0 Å². The minimum absolute atomic E-state index is 0.141. The van der Waals surface area contributed by atoms with E-state index in [-0.39, 0.29) is 13.2 Å². The molecule has 0 unspecified atom stereocenters. The molecular weight excluding hydrogens is 452 g/mol. The van der Waals surface area contributed by atoms with Crippen LogP contribution in [0.15, 0.2) is 70.3 Å². The molecule has 0 spiro atoms. The van der Waals surface area contributed by atoms with Crippen molar-refractivity contribution >= 4 is 27.5 Å². The Balaban J connectivity index is 1.42. The summed E-state index contributed by atoms with van der Waals surface area (Å²) in [5, 5.41) is 0.342. The fourth-order valence-corrected chi connectivity index (χ4v) is 4.57. The van der Waals surface area contributed by atoms with E-state index in [1.165, 1.54) is 20.8 Å². The quantitative estimate of drug-likeness (QED) is 0.265. The Labute approximate surface area is 200 Å². The van der Waals surface area contributed by atoms with Crippen molar-refractivity contribution in [2.24, 2.45) is 7.05 Å². The summed E-state index contributed by atoms with van der Waals surface area (Å²) in [7, 11) is 1.61. The molecule has 0 N–H and O–H groups in total. The van der Waals surface area contributed by atoms with E-state index in [2.05, 4.69) is 0 Å². The van der Waals surface area contributed by atoms with Crippen molar-refractivity contribution in [3.8, 4) is 5.75 Å². The third-order valence-electron chi connectivity index (χ3n) is 5.49. The number of nitrogens with zero attached hydrogens (tertiary/aromatic N) is 2. The maximum absolute atomic E-state index is 13.0. The molecule has 176 valence electrons. The number of benzene rings is 2. The van der Waals surface area contributed by atoms with E-state index in [0.717, 1.165) is 22.6 Å². The van der Waals surface area contributed by atoms with Crippen molar-refractivity contribution in [3.05, 3.63) is 97.5 Å². The van der Waals surface area contributed by atoms with Gasteiger partial charge in [0.05, 0.1) is 12.0 Å². The molecule has 4 aromatic rings. The summed E-state index contributed by atoms with van der Waals surface area (Å²) in [6.07, 6.45) is 1.31. The van der Waals surface area contributed by atoms with Crippen LogP contribution in [0.2, 0.25) is 0 Å². The smallest absolute Gasteiger partial charge is 0.348 e. The average molecular weight is 479 g/mol. The SMILES string of the molecule is Cc1ccc(OCCCCn2c(=O)c3cc(C(=O)OCc4ccccc4)sc3n(C)c2=O)cc1. The molecule has 0 saturated carbocycles. The fourth-order valence-electron chi connectivity index (χ4n) is 3.57.